The Balaban J connectivity index is 1.71. The summed E-state index contributed by atoms with van der Waals surface area (Å²) in [5, 5.41) is 4.60. The quantitative estimate of drug-likeness (QED) is 0.553. The molecule has 1 aliphatic heterocycles. The van der Waals surface area contributed by atoms with Gasteiger partial charge in [-0.05, 0) is 41.7 Å². The van der Waals surface area contributed by atoms with Crippen molar-refractivity contribution < 1.29 is 19.0 Å². The van der Waals surface area contributed by atoms with Gasteiger partial charge in [0.15, 0.2) is 11.5 Å². The fourth-order valence-electron chi connectivity index (χ4n) is 4.18. The molecule has 2 atom stereocenters. The van der Waals surface area contributed by atoms with Gasteiger partial charge in [0.1, 0.15) is 6.04 Å². The van der Waals surface area contributed by atoms with Crippen LogP contribution in [0.2, 0.25) is 0 Å². The highest BCUT2D eigenvalue weighted by atomic mass is 16.5. The van der Waals surface area contributed by atoms with Gasteiger partial charge in [-0.25, -0.2) is 0 Å². The van der Waals surface area contributed by atoms with Gasteiger partial charge in [0.25, 0.3) is 0 Å². The minimum atomic E-state index is -0.422. The molecule has 1 aromatic heterocycles. The van der Waals surface area contributed by atoms with Gasteiger partial charge in [0.05, 0.1) is 26.9 Å². The van der Waals surface area contributed by atoms with Crippen LogP contribution in [0.1, 0.15) is 43.1 Å². The zero-order valence-electron chi connectivity index (χ0n) is 18.5. The number of methoxy groups -OCH3 is 2. The second kappa shape index (κ2) is 9.02. The third-order valence-corrected chi connectivity index (χ3v) is 5.87. The van der Waals surface area contributed by atoms with Crippen molar-refractivity contribution in [3.63, 3.8) is 0 Å². The minimum absolute atomic E-state index is 0.195. The first-order valence-corrected chi connectivity index (χ1v) is 10.8. The summed E-state index contributed by atoms with van der Waals surface area (Å²) in [6, 6.07) is 13.5. The molecule has 0 bridgehead atoms. The molecule has 0 fully saturated rings. The van der Waals surface area contributed by atoms with Crippen LogP contribution in [0.15, 0.2) is 42.5 Å². The number of benzene rings is 2. The van der Waals surface area contributed by atoms with Crippen LogP contribution in [0.25, 0.3) is 10.9 Å². The molecule has 2 unspecified atom stereocenters. The summed E-state index contributed by atoms with van der Waals surface area (Å²) in [4.78, 5) is 16.0. The summed E-state index contributed by atoms with van der Waals surface area (Å²) in [7, 11) is 3.07. The van der Waals surface area contributed by atoms with Crippen LogP contribution in [0, 0.1) is 5.92 Å². The van der Waals surface area contributed by atoms with Crippen LogP contribution in [-0.4, -0.2) is 37.8 Å². The van der Waals surface area contributed by atoms with Crippen molar-refractivity contribution in [2.24, 2.45) is 5.92 Å². The molecule has 2 aromatic carbocycles. The van der Waals surface area contributed by atoms with E-state index in [9.17, 15) is 4.79 Å². The van der Waals surface area contributed by atoms with Crippen LogP contribution in [0.3, 0.4) is 0 Å². The Morgan fingerprint density at radius 2 is 1.94 bits per heavy atom. The van der Waals surface area contributed by atoms with Gasteiger partial charge in [-0.15, -0.1) is 0 Å². The number of aromatic amines is 1. The Morgan fingerprint density at radius 3 is 2.68 bits per heavy atom. The molecule has 3 aromatic rings. The lowest BCUT2D eigenvalue weighted by molar-refractivity contribution is -0.143. The van der Waals surface area contributed by atoms with E-state index in [2.05, 4.69) is 36.3 Å². The highest BCUT2D eigenvalue weighted by Gasteiger charge is 2.34. The monoisotopic (exact) mass is 422 g/mol. The van der Waals surface area contributed by atoms with E-state index in [-0.39, 0.29) is 12.0 Å². The summed E-state index contributed by atoms with van der Waals surface area (Å²) >= 11 is 0. The highest BCUT2D eigenvalue weighted by molar-refractivity contribution is 5.87. The van der Waals surface area contributed by atoms with Crippen LogP contribution < -0.4 is 14.8 Å². The van der Waals surface area contributed by atoms with Crippen molar-refractivity contribution in [1.29, 1.82) is 0 Å². The molecular weight excluding hydrogens is 392 g/mol. The van der Waals surface area contributed by atoms with Gasteiger partial charge < -0.3 is 19.2 Å². The van der Waals surface area contributed by atoms with Crippen molar-refractivity contribution in [3.05, 3.63) is 59.3 Å². The van der Waals surface area contributed by atoms with Gasteiger partial charge in [-0.2, -0.15) is 0 Å². The maximum atomic E-state index is 12.4. The van der Waals surface area contributed by atoms with E-state index in [0.717, 1.165) is 39.9 Å². The Bertz CT molecular complexity index is 1070. The molecule has 164 valence electrons. The smallest absolute Gasteiger partial charge is 0.323 e. The third-order valence-electron chi connectivity index (χ3n) is 5.87. The first kappa shape index (κ1) is 21.2. The van der Waals surface area contributed by atoms with Crippen LogP contribution in [0.5, 0.6) is 11.5 Å². The number of ether oxygens (including phenoxy) is 3. The average molecular weight is 423 g/mol. The number of rotatable bonds is 7. The van der Waals surface area contributed by atoms with Gasteiger partial charge >= 0.3 is 5.97 Å². The molecule has 1 aliphatic rings. The summed E-state index contributed by atoms with van der Waals surface area (Å²) in [5.41, 5.74) is 4.27. The number of nitrogens with one attached hydrogen (secondary N) is 2. The van der Waals surface area contributed by atoms with Gasteiger partial charge in [-0.3, -0.25) is 10.1 Å². The number of para-hydroxylation sites is 1. The molecule has 4 rings (SSSR count). The Kier molecular flexibility index (Phi) is 6.18. The molecule has 0 saturated carbocycles. The maximum absolute atomic E-state index is 12.4. The Hall–Kier alpha value is -2.99. The number of hydrogen-bond acceptors (Lipinski definition) is 5. The predicted octanol–water partition coefficient (Wildman–Crippen LogP) is 4.38. The molecule has 0 saturated heterocycles. The number of esters is 1. The Morgan fingerprint density at radius 1 is 1.13 bits per heavy atom. The van der Waals surface area contributed by atoms with E-state index in [4.69, 9.17) is 14.2 Å². The molecule has 2 N–H and O–H groups in total. The number of H-pyrrole nitrogens is 1. The normalized spacial score (nSPS) is 18.1. The summed E-state index contributed by atoms with van der Waals surface area (Å²) in [6.07, 6.45) is 1.56. The number of fused-ring (bicyclic) bond motifs is 3. The lowest BCUT2D eigenvalue weighted by atomic mass is 9.90. The van der Waals surface area contributed by atoms with Crippen molar-refractivity contribution >= 4 is 16.9 Å². The first-order chi connectivity index (χ1) is 15.0. The molecule has 0 amide bonds. The summed E-state index contributed by atoms with van der Waals surface area (Å²) < 4.78 is 16.6. The van der Waals surface area contributed by atoms with Gasteiger partial charge in [0.2, 0.25) is 0 Å². The highest BCUT2D eigenvalue weighted by Crippen LogP contribution is 2.38. The molecule has 2 heterocycles. The topological polar surface area (TPSA) is 72.6 Å². The number of hydrogen-bond donors (Lipinski definition) is 2. The number of carbonyl (C=O) groups is 1. The lowest BCUT2D eigenvalue weighted by Crippen LogP contribution is -2.45. The molecule has 0 spiro atoms. The van der Waals surface area contributed by atoms with Gasteiger partial charge in [-0.1, -0.05) is 38.1 Å². The average Bonchev–Trinajstić information content (AvgIpc) is 3.16. The fraction of sp³-hybridized carbons (Fsp3) is 0.400. The molecule has 6 heteroatoms. The SMILES string of the molecule is COC(=O)C1Cc2c([nH]c3ccccc23)C(c2ccc(OCCC(C)C)c(OC)c2)N1. The molecule has 0 aliphatic carbocycles. The molecule has 0 radical (unpaired) electrons. The lowest BCUT2D eigenvalue weighted by Gasteiger charge is -2.30. The zero-order chi connectivity index (χ0) is 22.0. The van der Waals surface area contributed by atoms with E-state index < -0.39 is 6.04 Å². The van der Waals surface area contributed by atoms with E-state index in [1.54, 1.807) is 7.11 Å². The minimum Gasteiger partial charge on any atom is -0.493 e. The summed E-state index contributed by atoms with van der Waals surface area (Å²) in [6.45, 7) is 4.99. The fourth-order valence-corrected chi connectivity index (χ4v) is 4.18. The maximum Gasteiger partial charge on any atom is 0.323 e. The first-order valence-electron chi connectivity index (χ1n) is 10.8. The second-order valence-electron chi connectivity index (χ2n) is 8.38. The van der Waals surface area contributed by atoms with E-state index in [0.29, 0.717) is 24.7 Å². The van der Waals surface area contributed by atoms with Gasteiger partial charge in [0, 0.05) is 23.0 Å². The number of carbonyl (C=O) groups excluding carboxylic acids is 1. The second-order valence-corrected chi connectivity index (χ2v) is 8.38. The van der Waals surface area contributed by atoms with E-state index in [1.807, 2.05) is 30.3 Å². The van der Waals surface area contributed by atoms with Crippen molar-refractivity contribution in [2.45, 2.75) is 38.8 Å². The number of aromatic nitrogens is 1. The summed E-state index contributed by atoms with van der Waals surface area (Å²) in [5.74, 6) is 1.72. The van der Waals surface area contributed by atoms with Crippen LogP contribution >= 0.6 is 0 Å². The Labute approximate surface area is 182 Å². The predicted molar refractivity (Wildman–Crippen MR) is 121 cm³/mol. The molecule has 6 nitrogen and oxygen atoms in total. The zero-order valence-corrected chi connectivity index (χ0v) is 18.5. The van der Waals surface area contributed by atoms with Crippen LogP contribution in [0.4, 0.5) is 0 Å². The van der Waals surface area contributed by atoms with E-state index in [1.165, 1.54) is 7.11 Å². The van der Waals surface area contributed by atoms with Crippen molar-refractivity contribution in [2.75, 3.05) is 20.8 Å². The standard InChI is InChI=1S/C25H30N2O4/c1-15(2)11-12-31-21-10-9-16(13-22(21)29-3)23-24-18(14-20(27-23)25(28)30-4)17-7-5-6-8-19(17)26-24/h5-10,13,15,20,23,26-27H,11-12,14H2,1-4H3. The molecule has 31 heavy (non-hydrogen) atoms. The van der Waals surface area contributed by atoms with Crippen molar-refractivity contribution in [1.82, 2.24) is 10.3 Å². The van der Waals surface area contributed by atoms with Crippen molar-refractivity contribution in [3.8, 4) is 11.5 Å². The van der Waals surface area contributed by atoms with E-state index >= 15 is 0 Å². The molecular formula is C25H30N2O4. The third kappa shape index (κ3) is 4.26. The van der Waals surface area contributed by atoms with Crippen LogP contribution in [-0.2, 0) is 16.0 Å². The largest absolute Gasteiger partial charge is 0.493 e.